The van der Waals surface area contributed by atoms with Gasteiger partial charge in [0, 0.05) is 60.9 Å². The summed E-state index contributed by atoms with van der Waals surface area (Å²) in [6.07, 6.45) is 2.09. The van der Waals surface area contributed by atoms with Crippen LogP contribution in [0, 0.1) is 0 Å². The number of likely N-dealkylation sites (N-methyl/N-ethyl adjacent to an activating group) is 1. The monoisotopic (exact) mass is 292 g/mol. The van der Waals surface area contributed by atoms with E-state index in [0.717, 1.165) is 36.7 Å². The number of nitrogens with zero attached hydrogens (tertiary/aromatic N) is 2. The Hall–Kier alpha value is -1.07. The Morgan fingerprint density at radius 2 is 2.25 bits per heavy atom. The summed E-state index contributed by atoms with van der Waals surface area (Å²) in [4.78, 5) is 8.14. The number of hydrogen-bond acceptors (Lipinski definition) is 3. The summed E-state index contributed by atoms with van der Waals surface area (Å²) in [6.45, 7) is 4.86. The minimum Gasteiger partial charge on any atom is -0.361 e. The van der Waals surface area contributed by atoms with Crippen LogP contribution in [-0.2, 0) is 6.54 Å². The Morgan fingerprint density at radius 1 is 1.40 bits per heavy atom. The number of halogens is 1. The van der Waals surface area contributed by atoms with E-state index < -0.39 is 0 Å². The highest BCUT2D eigenvalue weighted by Crippen LogP contribution is 2.24. The van der Waals surface area contributed by atoms with Crippen LogP contribution in [0.25, 0.3) is 10.9 Å². The van der Waals surface area contributed by atoms with Crippen molar-refractivity contribution in [2.24, 2.45) is 5.73 Å². The van der Waals surface area contributed by atoms with Crippen molar-refractivity contribution < 1.29 is 0 Å². The number of aromatic amines is 1. The maximum absolute atomic E-state index is 6.03. The molecule has 2 heterocycles. The average Bonchev–Trinajstić information content (AvgIpc) is 2.83. The average molecular weight is 293 g/mol. The van der Waals surface area contributed by atoms with E-state index in [9.17, 15) is 0 Å². The van der Waals surface area contributed by atoms with Gasteiger partial charge in [0.1, 0.15) is 0 Å². The van der Waals surface area contributed by atoms with Gasteiger partial charge in [-0.1, -0.05) is 17.7 Å². The molecule has 5 heteroatoms. The highest BCUT2D eigenvalue weighted by atomic mass is 35.5. The summed E-state index contributed by atoms with van der Waals surface area (Å²) >= 11 is 6.03. The van der Waals surface area contributed by atoms with E-state index in [0.29, 0.717) is 12.6 Å². The second-order valence-corrected chi connectivity index (χ2v) is 6.06. The smallest absolute Gasteiger partial charge is 0.0472 e. The van der Waals surface area contributed by atoms with Crippen molar-refractivity contribution in [1.29, 1.82) is 0 Å². The van der Waals surface area contributed by atoms with Gasteiger partial charge in [-0.15, -0.1) is 0 Å². The maximum Gasteiger partial charge on any atom is 0.0472 e. The van der Waals surface area contributed by atoms with E-state index in [-0.39, 0.29) is 0 Å². The third-order valence-electron chi connectivity index (χ3n) is 4.18. The van der Waals surface area contributed by atoms with E-state index in [4.69, 9.17) is 17.3 Å². The first kappa shape index (κ1) is 13.9. The lowest BCUT2D eigenvalue weighted by Gasteiger charge is -2.39. The number of piperazine rings is 1. The van der Waals surface area contributed by atoms with Crippen molar-refractivity contribution in [2.75, 3.05) is 33.2 Å². The van der Waals surface area contributed by atoms with Gasteiger partial charge in [0.05, 0.1) is 0 Å². The molecule has 4 nitrogen and oxygen atoms in total. The fraction of sp³-hybridized carbons (Fsp3) is 0.467. The van der Waals surface area contributed by atoms with Gasteiger partial charge in [-0.05, 0) is 24.7 Å². The minimum atomic E-state index is 0.436. The number of nitrogens with two attached hydrogens (primary N) is 1. The zero-order valence-corrected chi connectivity index (χ0v) is 12.5. The van der Waals surface area contributed by atoms with Crippen molar-refractivity contribution in [1.82, 2.24) is 14.8 Å². The molecule has 1 aliphatic rings. The van der Waals surface area contributed by atoms with E-state index >= 15 is 0 Å². The lowest BCUT2D eigenvalue weighted by molar-refractivity contribution is 0.0884. The van der Waals surface area contributed by atoms with Crippen LogP contribution in [0.3, 0.4) is 0 Å². The number of rotatable bonds is 3. The lowest BCUT2D eigenvalue weighted by Crippen LogP contribution is -2.54. The largest absolute Gasteiger partial charge is 0.361 e. The van der Waals surface area contributed by atoms with E-state index in [1.807, 2.05) is 12.1 Å². The van der Waals surface area contributed by atoms with Gasteiger partial charge in [0.25, 0.3) is 0 Å². The number of aromatic nitrogens is 1. The molecule has 20 heavy (non-hydrogen) atoms. The van der Waals surface area contributed by atoms with Gasteiger partial charge in [-0.2, -0.15) is 0 Å². The van der Waals surface area contributed by atoms with Gasteiger partial charge in [0.2, 0.25) is 0 Å². The van der Waals surface area contributed by atoms with E-state index in [1.165, 1.54) is 10.9 Å². The van der Waals surface area contributed by atoms with Crippen LogP contribution in [0.5, 0.6) is 0 Å². The lowest BCUT2D eigenvalue weighted by atomic mass is 10.1. The molecule has 1 fully saturated rings. The molecule has 2 aromatic rings. The molecule has 0 bridgehead atoms. The number of hydrogen-bond donors (Lipinski definition) is 2. The number of benzene rings is 1. The van der Waals surface area contributed by atoms with Crippen LogP contribution in [0.1, 0.15) is 5.56 Å². The van der Waals surface area contributed by atoms with Crippen LogP contribution in [0.2, 0.25) is 5.02 Å². The molecule has 1 aromatic carbocycles. The minimum absolute atomic E-state index is 0.436. The van der Waals surface area contributed by atoms with Gasteiger partial charge in [-0.3, -0.25) is 4.90 Å². The second-order valence-electron chi connectivity index (χ2n) is 5.63. The highest BCUT2D eigenvalue weighted by Gasteiger charge is 2.24. The summed E-state index contributed by atoms with van der Waals surface area (Å²) in [5.74, 6) is 0. The molecular formula is C15H21ClN4. The van der Waals surface area contributed by atoms with E-state index in [2.05, 4.69) is 34.1 Å². The Morgan fingerprint density at radius 3 is 3.05 bits per heavy atom. The SMILES string of the molecule is CN1CCN(Cc2c[nH]c3cc(Cl)ccc23)C(CN)C1. The number of nitrogens with one attached hydrogen (secondary N) is 1. The van der Waals surface area contributed by atoms with Crippen LogP contribution in [0.15, 0.2) is 24.4 Å². The van der Waals surface area contributed by atoms with Crippen LogP contribution in [0.4, 0.5) is 0 Å². The molecule has 1 atom stereocenters. The van der Waals surface area contributed by atoms with Crippen LogP contribution in [-0.4, -0.2) is 54.1 Å². The molecule has 1 aliphatic heterocycles. The van der Waals surface area contributed by atoms with Gasteiger partial charge in [0.15, 0.2) is 0 Å². The van der Waals surface area contributed by atoms with Crippen molar-refractivity contribution in [2.45, 2.75) is 12.6 Å². The van der Waals surface area contributed by atoms with Crippen LogP contribution >= 0.6 is 11.6 Å². The van der Waals surface area contributed by atoms with Gasteiger partial charge >= 0.3 is 0 Å². The molecule has 0 amide bonds. The Bertz CT molecular complexity index is 595. The highest BCUT2D eigenvalue weighted by molar-refractivity contribution is 6.31. The molecular weight excluding hydrogens is 272 g/mol. The topological polar surface area (TPSA) is 48.3 Å². The molecule has 0 spiro atoms. The third-order valence-corrected chi connectivity index (χ3v) is 4.42. The third kappa shape index (κ3) is 2.69. The van der Waals surface area contributed by atoms with Crippen molar-refractivity contribution in [3.63, 3.8) is 0 Å². The standard InChI is InChI=1S/C15H21ClN4/c1-19-4-5-20(13(7-17)10-19)9-11-8-18-15-6-12(16)2-3-14(11)15/h2-3,6,8,13,18H,4-5,7,9-10,17H2,1H3. The first-order valence-electron chi connectivity index (χ1n) is 7.05. The molecule has 1 unspecified atom stereocenters. The number of fused-ring (bicyclic) bond motifs is 1. The second kappa shape index (κ2) is 5.74. The summed E-state index contributed by atoms with van der Waals surface area (Å²) < 4.78 is 0. The molecule has 1 saturated heterocycles. The molecule has 0 aliphatic carbocycles. The molecule has 3 rings (SSSR count). The van der Waals surface area contributed by atoms with Gasteiger partial charge in [-0.25, -0.2) is 0 Å². The molecule has 108 valence electrons. The zero-order chi connectivity index (χ0) is 14.1. The number of H-pyrrole nitrogens is 1. The molecule has 0 saturated carbocycles. The predicted octanol–water partition coefficient (Wildman–Crippen LogP) is 1.90. The molecule has 0 radical (unpaired) electrons. The summed E-state index contributed by atoms with van der Waals surface area (Å²) in [5.41, 5.74) is 8.35. The fourth-order valence-electron chi connectivity index (χ4n) is 2.99. The van der Waals surface area contributed by atoms with Crippen molar-refractivity contribution in [3.05, 3.63) is 35.0 Å². The van der Waals surface area contributed by atoms with Gasteiger partial charge < -0.3 is 15.6 Å². The fourth-order valence-corrected chi connectivity index (χ4v) is 3.16. The Kier molecular flexibility index (Phi) is 3.98. The van der Waals surface area contributed by atoms with Crippen molar-refractivity contribution >= 4 is 22.5 Å². The summed E-state index contributed by atoms with van der Waals surface area (Å²) in [5, 5.41) is 2.02. The Balaban J connectivity index is 1.82. The maximum atomic E-state index is 6.03. The summed E-state index contributed by atoms with van der Waals surface area (Å²) in [6, 6.07) is 6.46. The first-order valence-corrected chi connectivity index (χ1v) is 7.43. The molecule has 1 aromatic heterocycles. The normalized spacial score (nSPS) is 21.6. The molecule has 3 N–H and O–H groups in total. The quantitative estimate of drug-likeness (QED) is 0.908. The first-order chi connectivity index (χ1) is 9.67. The summed E-state index contributed by atoms with van der Waals surface area (Å²) in [7, 11) is 2.16. The predicted molar refractivity (Wildman–Crippen MR) is 84.1 cm³/mol. The zero-order valence-electron chi connectivity index (χ0n) is 11.8. The van der Waals surface area contributed by atoms with E-state index in [1.54, 1.807) is 0 Å². The van der Waals surface area contributed by atoms with Crippen molar-refractivity contribution in [3.8, 4) is 0 Å². The Labute approximate surface area is 124 Å². The van der Waals surface area contributed by atoms with Crippen LogP contribution < -0.4 is 5.73 Å².